The molecule has 0 bridgehead atoms. The third-order valence-corrected chi connectivity index (χ3v) is 2.61. The van der Waals surface area contributed by atoms with Crippen LogP contribution in [0.3, 0.4) is 0 Å². The summed E-state index contributed by atoms with van der Waals surface area (Å²) in [5.41, 5.74) is 7.97. The zero-order valence-corrected chi connectivity index (χ0v) is 12.2. The van der Waals surface area contributed by atoms with Crippen molar-refractivity contribution in [3.8, 4) is 0 Å². The minimum atomic E-state index is 0.782. The van der Waals surface area contributed by atoms with Gasteiger partial charge in [0.05, 0.1) is 0 Å². The van der Waals surface area contributed by atoms with Crippen LogP contribution in [-0.2, 0) is 6.42 Å². The third kappa shape index (κ3) is 5.82. The highest BCUT2D eigenvalue weighted by atomic mass is 14.9. The number of amidine groups is 1. The van der Waals surface area contributed by atoms with Crippen LogP contribution in [0.4, 0.5) is 0 Å². The fraction of sp³-hybridized carbons (Fsp3) is 0.533. The van der Waals surface area contributed by atoms with Gasteiger partial charge in [-0.05, 0) is 31.4 Å². The topological polar surface area (TPSA) is 50.4 Å². The monoisotopic (exact) mass is 249 g/mol. The second-order valence-electron chi connectivity index (χ2n) is 3.76. The molecule has 0 spiro atoms. The molecule has 0 saturated heterocycles. The quantitative estimate of drug-likeness (QED) is 0.479. The van der Waals surface area contributed by atoms with Crippen molar-refractivity contribution in [3.05, 3.63) is 35.4 Å². The Labute approximate surface area is 112 Å². The molecule has 3 heteroatoms. The van der Waals surface area contributed by atoms with Gasteiger partial charge >= 0.3 is 0 Å². The Bertz CT molecular complexity index is 328. The minimum Gasteiger partial charge on any atom is -0.373 e. The molecule has 0 atom stereocenters. The summed E-state index contributed by atoms with van der Waals surface area (Å²) < 4.78 is 0. The number of aryl methyl sites for hydroxylation is 1. The van der Waals surface area contributed by atoms with E-state index < -0.39 is 0 Å². The van der Waals surface area contributed by atoms with Gasteiger partial charge < -0.3 is 11.1 Å². The zero-order chi connectivity index (χ0) is 13.8. The molecule has 0 unspecified atom stereocenters. The Morgan fingerprint density at radius 2 is 1.78 bits per heavy atom. The van der Waals surface area contributed by atoms with Gasteiger partial charge in [0, 0.05) is 19.7 Å². The van der Waals surface area contributed by atoms with E-state index in [1.807, 2.05) is 20.9 Å². The fourth-order valence-corrected chi connectivity index (χ4v) is 1.69. The van der Waals surface area contributed by atoms with Crippen molar-refractivity contribution in [2.24, 2.45) is 10.7 Å². The zero-order valence-electron chi connectivity index (χ0n) is 12.2. The van der Waals surface area contributed by atoms with E-state index in [2.05, 4.69) is 34.6 Å². The van der Waals surface area contributed by atoms with Gasteiger partial charge in [-0.15, -0.1) is 0 Å². The predicted molar refractivity (Wildman–Crippen MR) is 81.3 cm³/mol. The van der Waals surface area contributed by atoms with Crippen molar-refractivity contribution in [2.45, 2.75) is 33.1 Å². The van der Waals surface area contributed by atoms with Gasteiger partial charge in [-0.2, -0.15) is 0 Å². The molecule has 102 valence electrons. The Balaban J connectivity index is 0.00000137. The summed E-state index contributed by atoms with van der Waals surface area (Å²) in [6, 6.07) is 8.54. The van der Waals surface area contributed by atoms with Gasteiger partial charge in [-0.25, -0.2) is 0 Å². The molecule has 0 aromatic heterocycles. The maximum atomic E-state index is 5.47. The molecular formula is C15H27N3. The molecule has 0 radical (unpaired) electrons. The first-order valence-corrected chi connectivity index (χ1v) is 6.75. The summed E-state index contributed by atoms with van der Waals surface area (Å²) in [6.07, 6.45) is 3.37. The largest absolute Gasteiger partial charge is 0.373 e. The van der Waals surface area contributed by atoms with Crippen LogP contribution in [0.1, 0.15) is 37.8 Å². The highest BCUT2D eigenvalue weighted by molar-refractivity contribution is 5.98. The SMILES string of the molecule is CC.CN=C(NC)c1ccc(CCCCN)cc1. The molecule has 1 aromatic carbocycles. The summed E-state index contributed by atoms with van der Waals surface area (Å²) >= 11 is 0. The van der Waals surface area contributed by atoms with Gasteiger partial charge in [0.2, 0.25) is 0 Å². The fourth-order valence-electron chi connectivity index (χ4n) is 1.69. The summed E-state index contributed by atoms with van der Waals surface area (Å²) in [5, 5.41) is 3.07. The van der Waals surface area contributed by atoms with E-state index in [-0.39, 0.29) is 0 Å². The molecule has 1 aromatic rings. The summed E-state index contributed by atoms with van der Waals surface area (Å²) in [6.45, 7) is 4.78. The molecule has 0 fully saturated rings. The van der Waals surface area contributed by atoms with Crippen molar-refractivity contribution in [1.29, 1.82) is 0 Å². The van der Waals surface area contributed by atoms with E-state index in [1.54, 1.807) is 7.05 Å². The lowest BCUT2D eigenvalue weighted by Crippen LogP contribution is -2.19. The third-order valence-electron chi connectivity index (χ3n) is 2.61. The van der Waals surface area contributed by atoms with E-state index in [4.69, 9.17) is 5.73 Å². The normalized spacial score (nSPS) is 10.6. The number of nitrogens with one attached hydrogen (secondary N) is 1. The lowest BCUT2D eigenvalue weighted by Gasteiger charge is -2.06. The summed E-state index contributed by atoms with van der Waals surface area (Å²) in [5.74, 6) is 0.925. The smallest absolute Gasteiger partial charge is 0.127 e. The number of rotatable bonds is 5. The van der Waals surface area contributed by atoms with Gasteiger partial charge in [-0.3, -0.25) is 4.99 Å². The van der Waals surface area contributed by atoms with E-state index in [0.717, 1.165) is 37.2 Å². The molecule has 0 aliphatic carbocycles. The molecule has 3 N–H and O–H groups in total. The van der Waals surface area contributed by atoms with Crippen LogP contribution < -0.4 is 11.1 Å². The van der Waals surface area contributed by atoms with Crippen LogP contribution in [-0.4, -0.2) is 26.5 Å². The van der Waals surface area contributed by atoms with Gasteiger partial charge in [0.25, 0.3) is 0 Å². The van der Waals surface area contributed by atoms with Crippen molar-refractivity contribution < 1.29 is 0 Å². The Hall–Kier alpha value is -1.35. The van der Waals surface area contributed by atoms with E-state index in [0.29, 0.717) is 0 Å². The standard InChI is InChI=1S/C13H21N3.C2H6/c1-15-13(16-2)12-8-6-11(7-9-12)5-3-4-10-14;1-2/h6-9H,3-5,10,14H2,1-2H3,(H,15,16);1-2H3. The minimum absolute atomic E-state index is 0.782. The Kier molecular flexibility index (Phi) is 9.97. The van der Waals surface area contributed by atoms with Gasteiger partial charge in [-0.1, -0.05) is 38.1 Å². The van der Waals surface area contributed by atoms with Crippen LogP contribution >= 0.6 is 0 Å². The molecule has 3 nitrogen and oxygen atoms in total. The number of nitrogens with zero attached hydrogens (tertiary/aromatic N) is 1. The number of nitrogens with two attached hydrogens (primary N) is 1. The number of hydrogen-bond donors (Lipinski definition) is 2. The van der Waals surface area contributed by atoms with Crippen molar-refractivity contribution in [3.63, 3.8) is 0 Å². The first-order chi connectivity index (χ1) is 8.81. The first kappa shape index (κ1) is 16.6. The number of aliphatic imine (C=N–C) groups is 1. The Morgan fingerprint density at radius 1 is 1.17 bits per heavy atom. The second kappa shape index (κ2) is 10.8. The number of hydrogen-bond acceptors (Lipinski definition) is 2. The van der Waals surface area contributed by atoms with Crippen LogP contribution in [0.15, 0.2) is 29.3 Å². The van der Waals surface area contributed by atoms with Crippen LogP contribution in [0.25, 0.3) is 0 Å². The van der Waals surface area contributed by atoms with E-state index >= 15 is 0 Å². The summed E-state index contributed by atoms with van der Waals surface area (Å²) in [7, 11) is 3.68. The molecule has 0 saturated carbocycles. The maximum Gasteiger partial charge on any atom is 0.127 e. The number of unbranched alkanes of at least 4 members (excludes halogenated alkanes) is 1. The van der Waals surface area contributed by atoms with Crippen LogP contribution in [0, 0.1) is 0 Å². The molecule has 0 amide bonds. The molecule has 18 heavy (non-hydrogen) atoms. The lowest BCUT2D eigenvalue weighted by atomic mass is 10.1. The second-order valence-corrected chi connectivity index (χ2v) is 3.76. The van der Waals surface area contributed by atoms with Crippen molar-refractivity contribution in [1.82, 2.24) is 5.32 Å². The van der Waals surface area contributed by atoms with Crippen molar-refractivity contribution in [2.75, 3.05) is 20.6 Å². The lowest BCUT2D eigenvalue weighted by molar-refractivity contribution is 0.745. The highest BCUT2D eigenvalue weighted by Gasteiger charge is 1.99. The van der Waals surface area contributed by atoms with Gasteiger partial charge in [0.1, 0.15) is 5.84 Å². The van der Waals surface area contributed by atoms with Crippen LogP contribution in [0.5, 0.6) is 0 Å². The average Bonchev–Trinajstić information content (AvgIpc) is 2.44. The molecule has 1 rings (SSSR count). The van der Waals surface area contributed by atoms with E-state index in [1.165, 1.54) is 5.56 Å². The highest BCUT2D eigenvalue weighted by Crippen LogP contribution is 2.08. The molecule has 0 heterocycles. The van der Waals surface area contributed by atoms with Crippen molar-refractivity contribution >= 4 is 5.84 Å². The predicted octanol–water partition coefficient (Wildman–Crippen LogP) is 2.59. The average molecular weight is 249 g/mol. The summed E-state index contributed by atoms with van der Waals surface area (Å²) in [4.78, 5) is 4.17. The van der Waals surface area contributed by atoms with E-state index in [9.17, 15) is 0 Å². The maximum absolute atomic E-state index is 5.47. The molecular weight excluding hydrogens is 222 g/mol. The first-order valence-electron chi connectivity index (χ1n) is 6.75. The molecule has 0 aliphatic heterocycles. The van der Waals surface area contributed by atoms with Crippen LogP contribution in [0.2, 0.25) is 0 Å². The molecule has 0 aliphatic rings. The Morgan fingerprint density at radius 3 is 2.22 bits per heavy atom. The number of benzene rings is 1. The van der Waals surface area contributed by atoms with Gasteiger partial charge in [0.15, 0.2) is 0 Å².